The molecule has 6 nitrogen and oxygen atoms in total. The molecule has 0 spiro atoms. The summed E-state index contributed by atoms with van der Waals surface area (Å²) in [7, 11) is 0. The van der Waals surface area contributed by atoms with E-state index in [4.69, 9.17) is 5.73 Å². The van der Waals surface area contributed by atoms with Gasteiger partial charge in [0.15, 0.2) is 0 Å². The van der Waals surface area contributed by atoms with E-state index in [1.165, 1.54) is 12.4 Å². The summed E-state index contributed by atoms with van der Waals surface area (Å²) in [5, 5.41) is 2.77. The highest BCUT2D eigenvalue weighted by Crippen LogP contribution is 2.21. The molecule has 0 aliphatic carbocycles. The molecule has 21 heavy (non-hydrogen) atoms. The van der Waals surface area contributed by atoms with Crippen LogP contribution in [0, 0.1) is 11.8 Å². The van der Waals surface area contributed by atoms with E-state index in [9.17, 15) is 9.59 Å². The number of carbonyl (C=O) groups excluding carboxylic acids is 2. The molecular weight excluding hydrogens is 268 g/mol. The number of aromatic nitrogens is 1. The molecule has 2 rings (SSSR count). The molecule has 0 bridgehead atoms. The summed E-state index contributed by atoms with van der Waals surface area (Å²) in [6, 6.07) is 1.62. The Hall–Kier alpha value is -2.39. The summed E-state index contributed by atoms with van der Waals surface area (Å²) in [6.45, 7) is 4.57. The molecule has 110 valence electrons. The van der Waals surface area contributed by atoms with Crippen molar-refractivity contribution < 1.29 is 9.59 Å². The lowest BCUT2D eigenvalue weighted by Crippen LogP contribution is -2.63. The number of rotatable bonds is 1. The highest BCUT2D eigenvalue weighted by molar-refractivity contribution is 6.01. The summed E-state index contributed by atoms with van der Waals surface area (Å²) < 4.78 is 0. The third-order valence-corrected chi connectivity index (χ3v) is 3.47. The Balaban J connectivity index is 2.38. The average molecular weight is 286 g/mol. The summed E-state index contributed by atoms with van der Waals surface area (Å²) in [4.78, 5) is 30.3. The second-order valence-electron chi connectivity index (χ2n) is 5.20. The first-order valence-corrected chi connectivity index (χ1v) is 6.71. The van der Waals surface area contributed by atoms with Gasteiger partial charge in [-0.25, -0.2) is 0 Å². The van der Waals surface area contributed by atoms with Gasteiger partial charge in [0, 0.05) is 25.5 Å². The number of hydrogen-bond acceptors (Lipinski definition) is 4. The maximum absolute atomic E-state index is 12.8. The molecule has 1 aromatic heterocycles. The lowest BCUT2D eigenvalue weighted by Gasteiger charge is -2.41. The molecule has 1 fully saturated rings. The van der Waals surface area contributed by atoms with Gasteiger partial charge in [-0.1, -0.05) is 11.8 Å². The van der Waals surface area contributed by atoms with Gasteiger partial charge < -0.3 is 16.0 Å². The summed E-state index contributed by atoms with van der Waals surface area (Å²) >= 11 is 0. The van der Waals surface area contributed by atoms with Gasteiger partial charge in [0.05, 0.1) is 17.7 Å². The quantitative estimate of drug-likeness (QED) is 0.696. The van der Waals surface area contributed by atoms with Crippen LogP contribution < -0.4 is 11.1 Å². The lowest BCUT2D eigenvalue weighted by molar-refractivity contribution is -0.133. The molecule has 0 radical (unpaired) electrons. The number of nitrogens with one attached hydrogen (secondary N) is 1. The summed E-state index contributed by atoms with van der Waals surface area (Å²) in [6.07, 6.45) is 3.07. The van der Waals surface area contributed by atoms with Crippen LogP contribution in [-0.2, 0) is 4.79 Å². The monoisotopic (exact) mass is 286 g/mol. The van der Waals surface area contributed by atoms with Crippen molar-refractivity contribution in [3.63, 3.8) is 0 Å². The van der Waals surface area contributed by atoms with E-state index in [0.717, 1.165) is 0 Å². The molecule has 3 N–H and O–H groups in total. The second kappa shape index (κ2) is 5.94. The van der Waals surface area contributed by atoms with E-state index in [-0.39, 0.29) is 18.4 Å². The molecule has 1 aromatic rings. The zero-order valence-electron chi connectivity index (χ0n) is 12.1. The van der Waals surface area contributed by atoms with Crippen molar-refractivity contribution in [2.75, 3.05) is 19.6 Å². The molecule has 1 aliphatic rings. The van der Waals surface area contributed by atoms with E-state index < -0.39 is 5.54 Å². The fourth-order valence-corrected chi connectivity index (χ4v) is 2.23. The highest BCUT2D eigenvalue weighted by Gasteiger charge is 2.41. The minimum atomic E-state index is -0.892. The number of nitrogens with zero attached hydrogens (tertiary/aromatic N) is 2. The smallest absolute Gasteiger partial charge is 0.256 e. The average Bonchev–Trinajstić information content (AvgIpc) is 2.47. The lowest BCUT2D eigenvalue weighted by atomic mass is 9.97. The molecule has 0 unspecified atom stereocenters. The maximum atomic E-state index is 12.8. The largest absolute Gasteiger partial charge is 0.352 e. The first kappa shape index (κ1) is 15.0. The number of nitrogens with two attached hydrogens (primary N) is 1. The topological polar surface area (TPSA) is 88.3 Å². The van der Waals surface area contributed by atoms with Gasteiger partial charge in [0.1, 0.15) is 5.54 Å². The maximum Gasteiger partial charge on any atom is 0.256 e. The Labute approximate surface area is 123 Å². The number of piperazine rings is 1. The van der Waals surface area contributed by atoms with Crippen molar-refractivity contribution in [1.29, 1.82) is 0 Å². The molecule has 0 aromatic carbocycles. The van der Waals surface area contributed by atoms with Crippen LogP contribution in [-0.4, -0.2) is 46.9 Å². The predicted octanol–water partition coefficient (Wildman–Crippen LogP) is -0.258. The first-order chi connectivity index (χ1) is 9.98. The van der Waals surface area contributed by atoms with Crippen LogP contribution in [0.1, 0.15) is 29.8 Å². The van der Waals surface area contributed by atoms with Crippen LogP contribution in [0.25, 0.3) is 0 Å². The van der Waals surface area contributed by atoms with E-state index >= 15 is 0 Å². The third kappa shape index (κ3) is 2.88. The van der Waals surface area contributed by atoms with Crippen molar-refractivity contribution >= 4 is 11.8 Å². The number of amides is 2. The van der Waals surface area contributed by atoms with Gasteiger partial charge >= 0.3 is 0 Å². The van der Waals surface area contributed by atoms with E-state index in [2.05, 4.69) is 22.1 Å². The van der Waals surface area contributed by atoms with Crippen molar-refractivity contribution in [2.45, 2.75) is 19.4 Å². The molecule has 2 heterocycles. The predicted molar refractivity (Wildman–Crippen MR) is 78.3 cm³/mol. The van der Waals surface area contributed by atoms with Crippen LogP contribution in [0.2, 0.25) is 0 Å². The van der Waals surface area contributed by atoms with Crippen molar-refractivity contribution in [2.24, 2.45) is 5.73 Å². The molecule has 2 amide bonds. The summed E-state index contributed by atoms with van der Waals surface area (Å²) in [5.41, 5.74) is 5.43. The van der Waals surface area contributed by atoms with E-state index in [0.29, 0.717) is 24.2 Å². The van der Waals surface area contributed by atoms with Crippen molar-refractivity contribution in [3.05, 3.63) is 29.6 Å². The normalized spacial score (nSPS) is 16.7. The molecular formula is C15H18N4O2. The fourth-order valence-electron chi connectivity index (χ4n) is 2.23. The Morgan fingerprint density at radius 2 is 2.33 bits per heavy atom. The number of pyridine rings is 1. The molecule has 6 heteroatoms. The minimum Gasteiger partial charge on any atom is -0.352 e. The SMILES string of the molecule is CC1(C)C(=O)NCCN1C(=O)c1ccncc1C#CCN. The van der Waals surface area contributed by atoms with E-state index in [1.807, 2.05) is 0 Å². The van der Waals surface area contributed by atoms with E-state index in [1.54, 1.807) is 24.8 Å². The van der Waals surface area contributed by atoms with Crippen LogP contribution in [0.4, 0.5) is 0 Å². The van der Waals surface area contributed by atoms with Gasteiger partial charge in [0.25, 0.3) is 5.91 Å². The minimum absolute atomic E-state index is 0.161. The second-order valence-corrected chi connectivity index (χ2v) is 5.20. The molecule has 0 atom stereocenters. The molecule has 1 aliphatic heterocycles. The van der Waals surface area contributed by atoms with Crippen LogP contribution in [0.5, 0.6) is 0 Å². The number of carbonyl (C=O) groups is 2. The molecule has 1 saturated heterocycles. The van der Waals surface area contributed by atoms with Gasteiger partial charge in [-0.05, 0) is 19.9 Å². The van der Waals surface area contributed by atoms with Crippen LogP contribution in [0.15, 0.2) is 18.5 Å². The van der Waals surface area contributed by atoms with Gasteiger partial charge in [-0.2, -0.15) is 0 Å². The Kier molecular flexibility index (Phi) is 4.24. The fraction of sp³-hybridized carbons (Fsp3) is 0.400. The van der Waals surface area contributed by atoms with Gasteiger partial charge in [-0.3, -0.25) is 14.6 Å². The zero-order valence-corrected chi connectivity index (χ0v) is 12.1. The van der Waals surface area contributed by atoms with Crippen molar-refractivity contribution in [3.8, 4) is 11.8 Å². The summed E-state index contributed by atoms with van der Waals surface area (Å²) in [5.74, 6) is 5.18. The Bertz CT molecular complexity index is 628. The highest BCUT2D eigenvalue weighted by atomic mass is 16.2. The first-order valence-electron chi connectivity index (χ1n) is 6.71. The standard InChI is InChI=1S/C15H18N4O2/c1-15(2)14(21)18-8-9-19(15)13(20)12-5-7-17-10-11(12)4-3-6-16/h5,7,10H,6,8-9,16H2,1-2H3,(H,18,21). The van der Waals surface area contributed by atoms with Crippen molar-refractivity contribution in [1.82, 2.24) is 15.2 Å². The Morgan fingerprint density at radius 1 is 1.57 bits per heavy atom. The van der Waals surface area contributed by atoms with Crippen LogP contribution in [0.3, 0.4) is 0 Å². The third-order valence-electron chi connectivity index (χ3n) is 3.47. The van der Waals surface area contributed by atoms with Gasteiger partial charge in [0.2, 0.25) is 5.91 Å². The van der Waals surface area contributed by atoms with Crippen LogP contribution >= 0.6 is 0 Å². The Morgan fingerprint density at radius 3 is 3.05 bits per heavy atom. The number of hydrogen-bond donors (Lipinski definition) is 2. The van der Waals surface area contributed by atoms with Gasteiger partial charge in [-0.15, -0.1) is 0 Å². The molecule has 0 saturated carbocycles. The zero-order chi connectivity index (χ0) is 15.5.